The molecule has 0 radical (unpaired) electrons. The van der Waals surface area contributed by atoms with Gasteiger partial charge < -0.3 is 15.5 Å². The molecule has 4 heteroatoms. The lowest BCUT2D eigenvalue weighted by molar-refractivity contribution is -0.121. The smallest absolute Gasteiger partial charge is 0.224 e. The first-order valence-corrected chi connectivity index (χ1v) is 5.70. The maximum atomic E-state index is 11.6. The van der Waals surface area contributed by atoms with Crippen LogP contribution in [0, 0.1) is 0 Å². The number of carbonyl (C=O) groups excluding carboxylic acids is 1. The molecule has 0 fully saturated rings. The van der Waals surface area contributed by atoms with E-state index in [0.717, 1.165) is 5.56 Å². The number of benzene rings is 1. The first kappa shape index (κ1) is 13.5. The van der Waals surface area contributed by atoms with E-state index in [0.29, 0.717) is 6.42 Å². The molecular weight excluding hydrogens is 218 g/mol. The summed E-state index contributed by atoms with van der Waals surface area (Å²) in [5, 5.41) is 21.7. The van der Waals surface area contributed by atoms with Crippen LogP contribution in [0.15, 0.2) is 24.3 Å². The number of hydrogen-bond donors (Lipinski definition) is 3. The Balaban J connectivity index is 2.45. The number of carbonyl (C=O) groups is 1. The Morgan fingerprint density at radius 3 is 2.76 bits per heavy atom. The predicted octanol–water partition coefficient (Wildman–Crippen LogP) is 1.21. The predicted molar refractivity (Wildman–Crippen MR) is 65.7 cm³/mol. The lowest BCUT2D eigenvalue weighted by atomic mass is 10.0. The van der Waals surface area contributed by atoms with Crippen molar-refractivity contribution in [3.05, 3.63) is 29.8 Å². The van der Waals surface area contributed by atoms with E-state index in [9.17, 15) is 15.0 Å². The van der Waals surface area contributed by atoms with Gasteiger partial charge in [-0.3, -0.25) is 4.79 Å². The number of phenols is 1. The molecule has 1 rings (SSSR count). The minimum atomic E-state index is -0.867. The summed E-state index contributed by atoms with van der Waals surface area (Å²) >= 11 is 0. The average molecular weight is 237 g/mol. The molecule has 0 spiro atoms. The van der Waals surface area contributed by atoms with Gasteiger partial charge in [-0.05, 0) is 31.0 Å². The van der Waals surface area contributed by atoms with Gasteiger partial charge in [-0.15, -0.1) is 0 Å². The highest BCUT2D eigenvalue weighted by Crippen LogP contribution is 2.11. The van der Waals surface area contributed by atoms with Gasteiger partial charge in [-0.25, -0.2) is 0 Å². The first-order valence-electron chi connectivity index (χ1n) is 5.70. The van der Waals surface area contributed by atoms with Gasteiger partial charge in [0, 0.05) is 6.54 Å². The topological polar surface area (TPSA) is 69.6 Å². The molecule has 17 heavy (non-hydrogen) atoms. The lowest BCUT2D eigenvalue weighted by Gasteiger charge is -2.21. The minimum absolute atomic E-state index is 0.149. The number of nitrogens with one attached hydrogen (secondary N) is 1. The fourth-order valence-electron chi connectivity index (χ4n) is 1.33. The Bertz CT molecular complexity index is 388. The van der Waals surface area contributed by atoms with Crippen LogP contribution in [0.5, 0.6) is 5.75 Å². The number of hydrogen-bond acceptors (Lipinski definition) is 3. The molecule has 0 aliphatic rings. The minimum Gasteiger partial charge on any atom is -0.508 e. The van der Waals surface area contributed by atoms with E-state index >= 15 is 0 Å². The summed E-state index contributed by atoms with van der Waals surface area (Å²) in [6, 6.07) is 6.58. The fourth-order valence-corrected chi connectivity index (χ4v) is 1.33. The van der Waals surface area contributed by atoms with Crippen molar-refractivity contribution in [3.63, 3.8) is 0 Å². The van der Waals surface area contributed by atoms with Crippen molar-refractivity contribution < 1.29 is 15.0 Å². The quantitative estimate of drug-likeness (QED) is 0.721. The third-order valence-corrected chi connectivity index (χ3v) is 2.70. The number of phenolic OH excluding ortho intramolecular Hbond substituents is 1. The monoisotopic (exact) mass is 237 g/mol. The molecule has 0 saturated heterocycles. The van der Waals surface area contributed by atoms with Crippen molar-refractivity contribution in [2.45, 2.75) is 32.3 Å². The van der Waals surface area contributed by atoms with Crippen molar-refractivity contribution in [3.8, 4) is 5.75 Å². The Morgan fingerprint density at radius 1 is 1.47 bits per heavy atom. The van der Waals surface area contributed by atoms with Crippen LogP contribution in [-0.2, 0) is 11.2 Å². The van der Waals surface area contributed by atoms with Crippen molar-refractivity contribution in [1.82, 2.24) is 5.32 Å². The second kappa shape index (κ2) is 5.68. The summed E-state index contributed by atoms with van der Waals surface area (Å²) in [6.45, 7) is 3.78. The average Bonchev–Trinajstić information content (AvgIpc) is 2.27. The lowest BCUT2D eigenvalue weighted by Crippen LogP contribution is -2.40. The first-order chi connectivity index (χ1) is 7.93. The van der Waals surface area contributed by atoms with Crippen molar-refractivity contribution in [2.75, 3.05) is 6.54 Å². The van der Waals surface area contributed by atoms with Crippen molar-refractivity contribution >= 4 is 5.91 Å². The SMILES string of the molecule is CCC(C)(O)CNC(=O)Cc1cccc(O)c1. The van der Waals surface area contributed by atoms with Gasteiger partial charge in [-0.2, -0.15) is 0 Å². The Kier molecular flexibility index (Phi) is 4.52. The largest absolute Gasteiger partial charge is 0.508 e. The van der Waals surface area contributed by atoms with E-state index in [4.69, 9.17) is 0 Å². The molecular formula is C13H19NO3. The Morgan fingerprint density at radius 2 is 2.18 bits per heavy atom. The van der Waals surface area contributed by atoms with Gasteiger partial charge in [0.15, 0.2) is 0 Å². The molecule has 94 valence electrons. The summed E-state index contributed by atoms with van der Waals surface area (Å²) in [4.78, 5) is 11.6. The van der Waals surface area contributed by atoms with Crippen LogP contribution >= 0.6 is 0 Å². The normalized spacial score (nSPS) is 14.1. The fraction of sp³-hybridized carbons (Fsp3) is 0.462. The van der Waals surface area contributed by atoms with Crippen LogP contribution in [-0.4, -0.2) is 28.3 Å². The second-order valence-corrected chi connectivity index (χ2v) is 4.47. The number of amides is 1. The number of rotatable bonds is 5. The maximum absolute atomic E-state index is 11.6. The standard InChI is InChI=1S/C13H19NO3/c1-3-13(2,17)9-14-12(16)8-10-5-4-6-11(15)7-10/h4-7,15,17H,3,8-9H2,1-2H3,(H,14,16). The zero-order chi connectivity index (χ0) is 12.9. The van der Waals surface area contributed by atoms with Crippen LogP contribution in [0.3, 0.4) is 0 Å². The third kappa shape index (κ3) is 4.87. The molecule has 0 aliphatic heterocycles. The molecule has 3 N–H and O–H groups in total. The van der Waals surface area contributed by atoms with Crippen molar-refractivity contribution in [2.24, 2.45) is 0 Å². The third-order valence-electron chi connectivity index (χ3n) is 2.70. The van der Waals surface area contributed by atoms with E-state index in [1.54, 1.807) is 31.2 Å². The van der Waals surface area contributed by atoms with Gasteiger partial charge in [0.25, 0.3) is 0 Å². The molecule has 0 aliphatic carbocycles. The van der Waals surface area contributed by atoms with Gasteiger partial charge >= 0.3 is 0 Å². The van der Waals surface area contributed by atoms with Gasteiger partial charge in [-0.1, -0.05) is 19.1 Å². The Labute approximate surface area is 101 Å². The zero-order valence-corrected chi connectivity index (χ0v) is 10.2. The molecule has 4 nitrogen and oxygen atoms in total. The summed E-state index contributed by atoms with van der Waals surface area (Å²) in [6.07, 6.45) is 0.785. The summed E-state index contributed by atoms with van der Waals surface area (Å²) < 4.78 is 0. The maximum Gasteiger partial charge on any atom is 0.224 e. The molecule has 1 amide bonds. The molecule has 1 unspecified atom stereocenters. The van der Waals surface area contributed by atoms with Crippen LogP contribution in [0.25, 0.3) is 0 Å². The number of aliphatic hydroxyl groups is 1. The Hall–Kier alpha value is -1.55. The van der Waals surface area contributed by atoms with E-state index in [1.807, 2.05) is 6.92 Å². The van der Waals surface area contributed by atoms with Gasteiger partial charge in [0.2, 0.25) is 5.91 Å². The van der Waals surface area contributed by atoms with E-state index in [2.05, 4.69) is 5.32 Å². The van der Waals surface area contributed by atoms with Crippen LogP contribution in [0.1, 0.15) is 25.8 Å². The van der Waals surface area contributed by atoms with E-state index in [-0.39, 0.29) is 24.6 Å². The van der Waals surface area contributed by atoms with E-state index in [1.165, 1.54) is 0 Å². The molecule has 0 aromatic heterocycles. The van der Waals surface area contributed by atoms with Crippen LogP contribution < -0.4 is 5.32 Å². The molecule has 0 bridgehead atoms. The molecule has 0 heterocycles. The molecule has 0 saturated carbocycles. The summed E-state index contributed by atoms with van der Waals surface area (Å²) in [5.74, 6) is -0.0137. The molecule has 1 aromatic rings. The van der Waals surface area contributed by atoms with Crippen LogP contribution in [0.4, 0.5) is 0 Å². The van der Waals surface area contributed by atoms with Gasteiger partial charge in [0.05, 0.1) is 12.0 Å². The van der Waals surface area contributed by atoms with Crippen LogP contribution in [0.2, 0.25) is 0 Å². The highest BCUT2D eigenvalue weighted by Gasteiger charge is 2.18. The zero-order valence-electron chi connectivity index (χ0n) is 10.2. The summed E-state index contributed by atoms with van der Waals surface area (Å²) in [5.41, 5.74) is -0.118. The highest BCUT2D eigenvalue weighted by atomic mass is 16.3. The highest BCUT2D eigenvalue weighted by molar-refractivity contribution is 5.78. The second-order valence-electron chi connectivity index (χ2n) is 4.47. The van der Waals surface area contributed by atoms with Crippen molar-refractivity contribution in [1.29, 1.82) is 0 Å². The summed E-state index contributed by atoms with van der Waals surface area (Å²) in [7, 11) is 0. The molecule has 1 atom stereocenters. The molecule has 1 aromatic carbocycles. The number of aromatic hydroxyl groups is 1. The van der Waals surface area contributed by atoms with E-state index < -0.39 is 5.60 Å². The van der Waals surface area contributed by atoms with Gasteiger partial charge in [0.1, 0.15) is 5.75 Å².